The average Bonchev–Trinajstić information content (AvgIpc) is 2.64. The Bertz CT molecular complexity index is 1190. The second-order valence-electron chi connectivity index (χ2n) is 5.61. The Morgan fingerprint density at radius 2 is 1.90 bits per heavy atom. The monoisotopic (exact) mass is 530 g/mol. The lowest BCUT2D eigenvalue weighted by Gasteiger charge is -2.24. The highest BCUT2D eigenvalue weighted by atomic mass is 79.9. The summed E-state index contributed by atoms with van der Waals surface area (Å²) in [6.07, 6.45) is 3.68. The molecule has 0 saturated heterocycles. The number of pyridine rings is 1. The van der Waals surface area contributed by atoms with Gasteiger partial charge in [0.15, 0.2) is 23.1 Å². The van der Waals surface area contributed by atoms with Gasteiger partial charge in [-0.1, -0.05) is 0 Å². The summed E-state index contributed by atoms with van der Waals surface area (Å²) in [5.74, 6) is -2.49. The Morgan fingerprint density at radius 1 is 1.17 bits per heavy atom. The molecule has 2 aliphatic rings. The van der Waals surface area contributed by atoms with Crippen molar-refractivity contribution < 1.29 is 23.1 Å². The minimum Gasteiger partial charge on any atom is -0.481 e. The van der Waals surface area contributed by atoms with E-state index in [1.807, 2.05) is 0 Å². The number of hydrogen-bond acceptors (Lipinski definition) is 5. The molecule has 0 saturated carbocycles. The first-order valence-corrected chi connectivity index (χ1v) is 9.39. The van der Waals surface area contributed by atoms with Crippen molar-refractivity contribution in [1.82, 2.24) is 14.3 Å². The number of carbonyl (C=O) groups excluding carboxylic acids is 2. The number of carbonyl (C=O) groups is 2. The van der Waals surface area contributed by atoms with Crippen LogP contribution in [0.1, 0.15) is 6.42 Å². The minimum absolute atomic E-state index is 0.0532. The molecular formula is C17H10Br2F2N4O4. The molecule has 0 unspecified atom stereocenters. The number of methoxy groups -OCH3 is 1. The molecule has 0 bridgehead atoms. The van der Waals surface area contributed by atoms with Crippen LogP contribution in [0, 0.1) is 5.82 Å². The lowest BCUT2D eigenvalue weighted by molar-refractivity contribution is -0.131. The highest BCUT2D eigenvalue weighted by molar-refractivity contribution is 9.12. The van der Waals surface area contributed by atoms with Crippen molar-refractivity contribution in [3.05, 3.63) is 61.6 Å². The van der Waals surface area contributed by atoms with Gasteiger partial charge in [0.25, 0.3) is 11.5 Å². The molecule has 0 N–H and O–H groups in total. The van der Waals surface area contributed by atoms with Crippen LogP contribution in [-0.4, -0.2) is 39.0 Å². The minimum atomic E-state index is -0.694. The number of aromatic nitrogens is 2. The fourth-order valence-corrected chi connectivity index (χ4v) is 3.22. The molecule has 4 rings (SSSR count). The summed E-state index contributed by atoms with van der Waals surface area (Å²) in [5.41, 5.74) is -0.445. The Kier molecular flexibility index (Phi) is 6.03. The Morgan fingerprint density at radius 3 is 2.59 bits per heavy atom. The highest BCUT2D eigenvalue weighted by Crippen LogP contribution is 2.24. The summed E-state index contributed by atoms with van der Waals surface area (Å²) in [6, 6.07) is 2.43. The van der Waals surface area contributed by atoms with Crippen molar-refractivity contribution in [3.8, 4) is 5.88 Å². The van der Waals surface area contributed by atoms with Gasteiger partial charge >= 0.3 is 0 Å². The number of rotatable bonds is 1. The quantitative estimate of drug-likeness (QED) is 0.527. The number of fused-ring (bicyclic) bond motifs is 2. The van der Waals surface area contributed by atoms with Crippen LogP contribution < -0.4 is 10.3 Å². The molecule has 0 radical (unpaired) electrons. The number of halogens is 4. The van der Waals surface area contributed by atoms with Crippen molar-refractivity contribution >= 4 is 55.2 Å². The molecule has 150 valence electrons. The van der Waals surface area contributed by atoms with Crippen molar-refractivity contribution in [2.45, 2.75) is 6.42 Å². The van der Waals surface area contributed by atoms with Gasteiger partial charge in [0.2, 0.25) is 11.8 Å². The van der Waals surface area contributed by atoms with Crippen LogP contribution in [0.4, 0.5) is 8.78 Å². The molecule has 2 amide bonds. The van der Waals surface area contributed by atoms with Gasteiger partial charge < -0.3 is 4.74 Å². The van der Waals surface area contributed by atoms with E-state index in [-0.39, 0.29) is 23.8 Å². The number of hydrogen-bond donors (Lipinski definition) is 0. The summed E-state index contributed by atoms with van der Waals surface area (Å²) < 4.78 is 33.5. The maximum Gasteiger partial charge on any atom is 0.261 e. The summed E-state index contributed by atoms with van der Waals surface area (Å²) in [7, 11) is 1.37. The molecule has 0 aliphatic carbocycles. The molecule has 0 atom stereocenters. The third-order valence-electron chi connectivity index (χ3n) is 3.63. The summed E-state index contributed by atoms with van der Waals surface area (Å²) in [5, 5.41) is 0. The first kappa shape index (κ1) is 21.0. The predicted molar refractivity (Wildman–Crippen MR) is 106 cm³/mol. The molecule has 0 spiro atoms. The summed E-state index contributed by atoms with van der Waals surface area (Å²) in [4.78, 5) is 42.0. The number of nitrogens with zero attached hydrogens (tertiary/aromatic N) is 4. The Balaban J connectivity index is 0.000000166. The molecule has 2 aromatic rings. The zero-order chi connectivity index (χ0) is 21.3. The Hall–Kier alpha value is -2.73. The van der Waals surface area contributed by atoms with Gasteiger partial charge in [-0.3, -0.25) is 23.7 Å². The van der Waals surface area contributed by atoms with Crippen molar-refractivity contribution in [1.29, 1.82) is 0 Å². The van der Waals surface area contributed by atoms with Crippen LogP contribution in [-0.2, 0) is 9.59 Å². The van der Waals surface area contributed by atoms with E-state index in [4.69, 9.17) is 4.74 Å². The first-order chi connectivity index (χ1) is 13.7. The maximum atomic E-state index is 13.4. The van der Waals surface area contributed by atoms with E-state index in [0.717, 1.165) is 15.4 Å². The Labute approximate surface area is 178 Å². The van der Waals surface area contributed by atoms with Gasteiger partial charge in [0, 0.05) is 21.4 Å². The fraction of sp³-hybridized carbons (Fsp3) is 0.118. The number of allylic oxidation sites excluding steroid dienone is 2. The molecule has 0 fully saturated rings. The van der Waals surface area contributed by atoms with Gasteiger partial charge in [-0.25, -0.2) is 8.78 Å². The van der Waals surface area contributed by atoms with Crippen molar-refractivity contribution in [2.24, 2.45) is 4.99 Å². The number of amidine groups is 1. The van der Waals surface area contributed by atoms with Gasteiger partial charge in [0.05, 0.1) is 13.2 Å². The van der Waals surface area contributed by atoms with E-state index in [1.54, 1.807) is 0 Å². The molecule has 12 heteroatoms. The molecule has 2 aliphatic heterocycles. The van der Waals surface area contributed by atoms with Gasteiger partial charge in [-0.05, 0) is 44.0 Å². The third-order valence-corrected chi connectivity index (χ3v) is 4.50. The van der Waals surface area contributed by atoms with E-state index in [0.29, 0.717) is 8.96 Å². The fourth-order valence-electron chi connectivity index (χ4n) is 2.41. The zero-order valence-corrected chi connectivity index (χ0v) is 17.7. The molecule has 2 aromatic heterocycles. The third kappa shape index (κ3) is 4.48. The van der Waals surface area contributed by atoms with Crippen LogP contribution in [0.2, 0.25) is 0 Å². The smallest absolute Gasteiger partial charge is 0.261 e. The molecular weight excluding hydrogens is 522 g/mol. The van der Waals surface area contributed by atoms with E-state index >= 15 is 0 Å². The predicted octanol–water partition coefficient (Wildman–Crippen LogP) is 2.85. The number of ether oxygens (including phenoxy) is 1. The first-order valence-electron chi connectivity index (χ1n) is 7.80. The van der Waals surface area contributed by atoms with E-state index < -0.39 is 29.0 Å². The second kappa shape index (κ2) is 8.33. The maximum absolute atomic E-state index is 13.4. The molecule has 4 heterocycles. The topological polar surface area (TPSA) is 93.3 Å². The largest absolute Gasteiger partial charge is 0.481 e. The highest BCUT2D eigenvalue weighted by Gasteiger charge is 2.31. The lowest BCUT2D eigenvalue weighted by atomic mass is 10.2. The van der Waals surface area contributed by atoms with E-state index in [9.17, 15) is 23.2 Å². The summed E-state index contributed by atoms with van der Waals surface area (Å²) in [6.45, 7) is 0. The van der Waals surface area contributed by atoms with Gasteiger partial charge in [-0.2, -0.15) is 9.98 Å². The number of aliphatic imine (C=N–C) groups is 1. The van der Waals surface area contributed by atoms with Crippen LogP contribution in [0.5, 0.6) is 5.88 Å². The van der Waals surface area contributed by atoms with Crippen LogP contribution in [0.25, 0.3) is 5.65 Å². The normalized spacial score (nSPS) is 15.8. The molecule has 29 heavy (non-hydrogen) atoms. The SMILES string of the molecule is COc1cc(=O)n2cc(Br)cc(F)c2n1.O=C1CC(=O)N2C=C(Br)C=C(F)C2=N1. The standard InChI is InChI=1S/C9H6BrFN2O2.C8H4BrFN2O2/c1-15-7-3-8(14)13-4-5(10)2-6(11)9(13)12-7;9-4-1-5(10)8-11-6(13)2-7(14)12(8)3-4/h2-4H,1H3;1,3H,2H2. The average molecular weight is 532 g/mol. The van der Waals surface area contributed by atoms with E-state index in [1.165, 1.54) is 31.6 Å². The number of amides is 2. The van der Waals surface area contributed by atoms with Crippen molar-refractivity contribution in [2.75, 3.05) is 7.11 Å². The zero-order valence-electron chi connectivity index (χ0n) is 14.5. The van der Waals surface area contributed by atoms with Crippen LogP contribution in [0.3, 0.4) is 0 Å². The second-order valence-corrected chi connectivity index (χ2v) is 7.44. The van der Waals surface area contributed by atoms with E-state index in [2.05, 4.69) is 41.8 Å². The van der Waals surface area contributed by atoms with Gasteiger partial charge in [0.1, 0.15) is 6.42 Å². The van der Waals surface area contributed by atoms with Gasteiger partial charge in [-0.15, -0.1) is 0 Å². The van der Waals surface area contributed by atoms with Crippen LogP contribution >= 0.6 is 31.9 Å². The van der Waals surface area contributed by atoms with Crippen LogP contribution in [0.15, 0.2) is 55.2 Å². The molecule has 8 nitrogen and oxygen atoms in total. The summed E-state index contributed by atoms with van der Waals surface area (Å²) >= 11 is 6.14. The lowest BCUT2D eigenvalue weighted by Crippen LogP contribution is -2.39. The van der Waals surface area contributed by atoms with Crippen molar-refractivity contribution in [3.63, 3.8) is 0 Å². The molecule has 0 aromatic carbocycles.